The highest BCUT2D eigenvalue weighted by Gasteiger charge is 2.16. The molecule has 0 saturated heterocycles. The van der Waals surface area contributed by atoms with Crippen LogP contribution in [0.4, 0.5) is 0 Å². The minimum Gasteiger partial charge on any atom is -0.480 e. The van der Waals surface area contributed by atoms with Crippen LogP contribution in [0.5, 0.6) is 5.75 Å². The minimum absolute atomic E-state index is 0.127. The number of ether oxygens (including phenoxy) is 1. The van der Waals surface area contributed by atoms with Crippen LogP contribution in [0.25, 0.3) is 10.8 Å². The molecule has 0 heterocycles. The highest BCUT2D eigenvalue weighted by atomic mass is 16.5. The van der Waals surface area contributed by atoms with E-state index in [4.69, 9.17) is 4.74 Å². The zero-order valence-electron chi connectivity index (χ0n) is 13.3. The molecular weight excluding hydrogens is 292 g/mol. The van der Waals surface area contributed by atoms with Crippen LogP contribution in [0.3, 0.4) is 0 Å². The van der Waals surface area contributed by atoms with Gasteiger partial charge < -0.3 is 4.74 Å². The molecule has 0 aromatic heterocycles. The molecule has 0 atom stereocenters. The second-order valence-electron chi connectivity index (χ2n) is 5.80. The standard InChI is InChI=1S/C23H18O/c1-3-11-19(12-4-1)23(20-13-5-2-6-14-20)24-22-17-9-15-18-10-7-8-16-21(18)22/h1-17,23H. The number of fused-ring (bicyclic) bond motifs is 1. The number of benzene rings is 4. The molecule has 0 N–H and O–H groups in total. The van der Waals surface area contributed by atoms with Gasteiger partial charge in [0.1, 0.15) is 11.9 Å². The second kappa shape index (κ2) is 6.59. The minimum atomic E-state index is -0.127. The van der Waals surface area contributed by atoms with Crippen molar-refractivity contribution in [3.63, 3.8) is 0 Å². The van der Waals surface area contributed by atoms with E-state index in [0.717, 1.165) is 22.3 Å². The van der Waals surface area contributed by atoms with Gasteiger partial charge in [0.15, 0.2) is 0 Å². The average Bonchev–Trinajstić information content (AvgIpc) is 2.67. The lowest BCUT2D eigenvalue weighted by molar-refractivity contribution is 0.250. The van der Waals surface area contributed by atoms with E-state index in [1.165, 1.54) is 5.39 Å². The summed E-state index contributed by atoms with van der Waals surface area (Å²) in [6.45, 7) is 0. The van der Waals surface area contributed by atoms with Gasteiger partial charge in [0.2, 0.25) is 0 Å². The Kier molecular flexibility index (Phi) is 3.99. The highest BCUT2D eigenvalue weighted by Crippen LogP contribution is 2.32. The summed E-state index contributed by atoms with van der Waals surface area (Å²) in [5.41, 5.74) is 2.30. The van der Waals surface area contributed by atoms with E-state index < -0.39 is 0 Å². The van der Waals surface area contributed by atoms with Gasteiger partial charge in [-0.1, -0.05) is 97.1 Å². The van der Waals surface area contributed by atoms with Gasteiger partial charge in [0, 0.05) is 5.39 Å². The SMILES string of the molecule is c1ccc(C(Oc2cccc3ccccc23)c2ccccc2)cc1. The molecule has 0 fully saturated rings. The van der Waals surface area contributed by atoms with Gasteiger partial charge in [0.05, 0.1) is 0 Å². The van der Waals surface area contributed by atoms with Crippen molar-refractivity contribution in [2.24, 2.45) is 0 Å². The highest BCUT2D eigenvalue weighted by molar-refractivity contribution is 5.88. The van der Waals surface area contributed by atoms with Crippen molar-refractivity contribution >= 4 is 10.8 Å². The van der Waals surface area contributed by atoms with Crippen LogP contribution >= 0.6 is 0 Å². The molecule has 4 rings (SSSR count). The zero-order valence-corrected chi connectivity index (χ0v) is 13.3. The lowest BCUT2D eigenvalue weighted by atomic mass is 10.0. The number of rotatable bonds is 4. The van der Waals surface area contributed by atoms with E-state index in [0.29, 0.717) is 0 Å². The molecule has 116 valence electrons. The predicted molar refractivity (Wildman–Crippen MR) is 99.3 cm³/mol. The first-order chi connectivity index (χ1) is 11.9. The summed E-state index contributed by atoms with van der Waals surface area (Å²) in [4.78, 5) is 0. The molecule has 1 heteroatoms. The number of hydrogen-bond donors (Lipinski definition) is 0. The maximum absolute atomic E-state index is 6.50. The normalized spacial score (nSPS) is 10.9. The molecule has 0 bridgehead atoms. The first-order valence-electron chi connectivity index (χ1n) is 8.16. The lowest BCUT2D eigenvalue weighted by Crippen LogP contribution is -2.09. The Morgan fingerprint density at radius 3 is 1.71 bits per heavy atom. The maximum Gasteiger partial charge on any atom is 0.149 e. The third-order valence-corrected chi connectivity index (χ3v) is 4.20. The molecule has 0 radical (unpaired) electrons. The fourth-order valence-electron chi connectivity index (χ4n) is 3.01. The van der Waals surface area contributed by atoms with Crippen molar-refractivity contribution < 1.29 is 4.74 Å². The molecule has 1 nitrogen and oxygen atoms in total. The Bertz CT molecular complexity index is 885. The first kappa shape index (κ1) is 14.5. The summed E-state index contributed by atoms with van der Waals surface area (Å²) >= 11 is 0. The van der Waals surface area contributed by atoms with Gasteiger partial charge in [0.25, 0.3) is 0 Å². The first-order valence-corrected chi connectivity index (χ1v) is 8.16. The Balaban J connectivity index is 1.80. The van der Waals surface area contributed by atoms with Gasteiger partial charge in [-0.2, -0.15) is 0 Å². The molecular formula is C23H18O. The van der Waals surface area contributed by atoms with Crippen molar-refractivity contribution in [3.05, 3.63) is 114 Å². The van der Waals surface area contributed by atoms with Crippen molar-refractivity contribution in [2.45, 2.75) is 6.10 Å². The van der Waals surface area contributed by atoms with Crippen LogP contribution in [-0.4, -0.2) is 0 Å². The van der Waals surface area contributed by atoms with Crippen LogP contribution in [-0.2, 0) is 0 Å². The van der Waals surface area contributed by atoms with Gasteiger partial charge in [-0.3, -0.25) is 0 Å². The summed E-state index contributed by atoms with van der Waals surface area (Å²) in [6, 6.07) is 35.3. The summed E-state index contributed by atoms with van der Waals surface area (Å²) in [7, 11) is 0. The molecule has 4 aromatic rings. The predicted octanol–water partition coefficient (Wildman–Crippen LogP) is 6.01. The van der Waals surface area contributed by atoms with Crippen molar-refractivity contribution in [1.29, 1.82) is 0 Å². The third kappa shape index (κ3) is 2.89. The largest absolute Gasteiger partial charge is 0.480 e. The topological polar surface area (TPSA) is 9.23 Å². The summed E-state index contributed by atoms with van der Waals surface area (Å²) in [5.74, 6) is 0.908. The quantitative estimate of drug-likeness (QED) is 0.448. The van der Waals surface area contributed by atoms with Crippen LogP contribution in [0.15, 0.2) is 103 Å². The van der Waals surface area contributed by atoms with Crippen molar-refractivity contribution in [3.8, 4) is 5.75 Å². The molecule has 0 aliphatic carbocycles. The summed E-state index contributed by atoms with van der Waals surface area (Å²) < 4.78 is 6.50. The van der Waals surface area contributed by atoms with E-state index in [2.05, 4.69) is 78.9 Å². The fraction of sp³-hybridized carbons (Fsp3) is 0.0435. The molecule has 0 amide bonds. The Hall–Kier alpha value is -3.06. The second-order valence-corrected chi connectivity index (χ2v) is 5.80. The van der Waals surface area contributed by atoms with Gasteiger partial charge in [-0.15, -0.1) is 0 Å². The van der Waals surface area contributed by atoms with Crippen LogP contribution < -0.4 is 4.74 Å². The molecule has 0 aliphatic heterocycles. The van der Waals surface area contributed by atoms with E-state index >= 15 is 0 Å². The van der Waals surface area contributed by atoms with Gasteiger partial charge >= 0.3 is 0 Å². The zero-order chi connectivity index (χ0) is 16.2. The Labute approximate surface area is 142 Å². The van der Waals surface area contributed by atoms with Gasteiger partial charge in [-0.25, -0.2) is 0 Å². The average molecular weight is 310 g/mol. The fourth-order valence-corrected chi connectivity index (χ4v) is 3.01. The third-order valence-electron chi connectivity index (χ3n) is 4.20. The van der Waals surface area contributed by atoms with Crippen LogP contribution in [0.1, 0.15) is 17.2 Å². The molecule has 0 unspecified atom stereocenters. The van der Waals surface area contributed by atoms with Crippen LogP contribution in [0, 0.1) is 0 Å². The van der Waals surface area contributed by atoms with Crippen molar-refractivity contribution in [2.75, 3.05) is 0 Å². The summed E-state index contributed by atoms with van der Waals surface area (Å²) in [6.07, 6.45) is -0.127. The Morgan fingerprint density at radius 1 is 0.500 bits per heavy atom. The summed E-state index contributed by atoms with van der Waals surface area (Å²) in [5, 5.41) is 2.33. The lowest BCUT2D eigenvalue weighted by Gasteiger charge is -2.21. The van der Waals surface area contributed by atoms with E-state index in [-0.39, 0.29) is 6.10 Å². The maximum atomic E-state index is 6.50. The van der Waals surface area contributed by atoms with E-state index in [1.807, 2.05) is 24.3 Å². The molecule has 0 spiro atoms. The Morgan fingerprint density at radius 2 is 1.04 bits per heavy atom. The van der Waals surface area contributed by atoms with Crippen molar-refractivity contribution in [1.82, 2.24) is 0 Å². The van der Waals surface area contributed by atoms with E-state index in [9.17, 15) is 0 Å². The monoisotopic (exact) mass is 310 g/mol. The van der Waals surface area contributed by atoms with Crippen LogP contribution in [0.2, 0.25) is 0 Å². The molecule has 0 saturated carbocycles. The number of hydrogen-bond acceptors (Lipinski definition) is 1. The molecule has 4 aromatic carbocycles. The van der Waals surface area contributed by atoms with Gasteiger partial charge in [-0.05, 0) is 22.6 Å². The smallest absolute Gasteiger partial charge is 0.149 e. The van der Waals surface area contributed by atoms with E-state index in [1.54, 1.807) is 0 Å². The molecule has 0 aliphatic rings. The molecule has 24 heavy (non-hydrogen) atoms.